The van der Waals surface area contributed by atoms with Gasteiger partial charge in [0, 0.05) is 9.75 Å². The van der Waals surface area contributed by atoms with Crippen LogP contribution in [0.4, 0.5) is 5.82 Å². The first kappa shape index (κ1) is 12.5. The van der Waals surface area contributed by atoms with Crippen LogP contribution in [0.1, 0.15) is 15.3 Å². The van der Waals surface area contributed by atoms with Gasteiger partial charge in [0.25, 0.3) is 0 Å². The Balaban J connectivity index is 2.09. The monoisotopic (exact) mass is 288 g/mol. The molecule has 0 spiro atoms. The number of aryl methyl sites for hydroxylation is 2. The number of aromatic nitrogens is 3. The molecule has 0 bridgehead atoms. The molecule has 2 aromatic rings. The summed E-state index contributed by atoms with van der Waals surface area (Å²) < 4.78 is 0. The van der Waals surface area contributed by atoms with Crippen LogP contribution in [-0.2, 0) is 6.54 Å². The Morgan fingerprint density at radius 2 is 2.06 bits per heavy atom. The van der Waals surface area contributed by atoms with Gasteiger partial charge in [0.2, 0.25) is 5.28 Å². The van der Waals surface area contributed by atoms with E-state index < -0.39 is 0 Å². The van der Waals surface area contributed by atoms with E-state index in [1.54, 1.807) is 11.3 Å². The van der Waals surface area contributed by atoms with Gasteiger partial charge in [-0.25, -0.2) is 0 Å². The summed E-state index contributed by atoms with van der Waals surface area (Å²) >= 11 is 13.2. The summed E-state index contributed by atoms with van der Waals surface area (Å²) in [7, 11) is 0. The maximum absolute atomic E-state index is 5.85. The van der Waals surface area contributed by atoms with Gasteiger partial charge in [0.1, 0.15) is 0 Å². The van der Waals surface area contributed by atoms with E-state index in [4.69, 9.17) is 23.2 Å². The number of thiophene rings is 1. The molecule has 0 fully saturated rings. The van der Waals surface area contributed by atoms with Crippen LogP contribution in [0.3, 0.4) is 0 Å². The minimum atomic E-state index is 0.0791. The van der Waals surface area contributed by atoms with Gasteiger partial charge in [0.05, 0.1) is 6.54 Å². The molecule has 90 valence electrons. The van der Waals surface area contributed by atoms with Gasteiger partial charge in [-0.3, -0.25) is 0 Å². The topological polar surface area (TPSA) is 50.7 Å². The molecule has 0 saturated heterocycles. The maximum atomic E-state index is 5.85. The van der Waals surface area contributed by atoms with E-state index in [1.165, 1.54) is 15.3 Å². The van der Waals surface area contributed by atoms with E-state index in [2.05, 4.69) is 40.4 Å². The molecule has 2 heterocycles. The number of halogens is 2. The molecular weight excluding hydrogens is 279 g/mol. The van der Waals surface area contributed by atoms with Crippen molar-refractivity contribution in [3.8, 4) is 0 Å². The molecule has 0 amide bonds. The minimum absolute atomic E-state index is 0.0791. The first-order valence-corrected chi connectivity index (χ1v) is 6.49. The number of nitrogens with zero attached hydrogens (tertiary/aromatic N) is 3. The second-order valence-electron chi connectivity index (χ2n) is 3.53. The molecule has 0 unspecified atom stereocenters. The molecule has 2 rings (SSSR count). The van der Waals surface area contributed by atoms with Gasteiger partial charge >= 0.3 is 0 Å². The molecule has 0 aliphatic carbocycles. The van der Waals surface area contributed by atoms with E-state index in [-0.39, 0.29) is 10.4 Å². The first-order valence-electron chi connectivity index (χ1n) is 4.92. The van der Waals surface area contributed by atoms with Crippen molar-refractivity contribution in [1.29, 1.82) is 0 Å². The predicted octanol–water partition coefficient (Wildman–Crippen LogP) is 3.47. The predicted molar refractivity (Wildman–Crippen MR) is 71.0 cm³/mol. The van der Waals surface area contributed by atoms with Crippen LogP contribution < -0.4 is 5.32 Å². The van der Waals surface area contributed by atoms with Crippen molar-refractivity contribution in [3.05, 3.63) is 31.8 Å². The highest BCUT2D eigenvalue weighted by molar-refractivity contribution is 7.12. The highest BCUT2D eigenvalue weighted by Crippen LogP contribution is 2.23. The Morgan fingerprint density at radius 3 is 2.71 bits per heavy atom. The zero-order chi connectivity index (χ0) is 12.4. The standard InChI is InChI=1S/C10H10Cl2N4S/c1-5-3-7(17-6(5)2)4-13-9-8(11)15-16-10(12)14-9/h3H,4H2,1-2H3,(H,13,14,16). The number of rotatable bonds is 3. The van der Waals surface area contributed by atoms with Gasteiger partial charge in [-0.2, -0.15) is 4.98 Å². The van der Waals surface area contributed by atoms with Gasteiger partial charge in [-0.05, 0) is 37.1 Å². The van der Waals surface area contributed by atoms with Crippen LogP contribution in [0.15, 0.2) is 6.07 Å². The lowest BCUT2D eigenvalue weighted by Gasteiger charge is -2.04. The summed E-state index contributed by atoms with van der Waals surface area (Å²) in [6, 6.07) is 2.14. The van der Waals surface area contributed by atoms with E-state index in [0.29, 0.717) is 12.4 Å². The summed E-state index contributed by atoms with van der Waals surface area (Å²) in [5, 5.41) is 10.6. The van der Waals surface area contributed by atoms with E-state index >= 15 is 0 Å². The van der Waals surface area contributed by atoms with E-state index in [9.17, 15) is 0 Å². The molecule has 0 aliphatic heterocycles. The smallest absolute Gasteiger partial charge is 0.245 e. The highest BCUT2D eigenvalue weighted by atomic mass is 35.5. The van der Waals surface area contributed by atoms with Crippen molar-refractivity contribution < 1.29 is 0 Å². The Morgan fingerprint density at radius 1 is 1.29 bits per heavy atom. The zero-order valence-corrected chi connectivity index (χ0v) is 11.6. The van der Waals surface area contributed by atoms with Gasteiger partial charge in [-0.1, -0.05) is 11.6 Å². The van der Waals surface area contributed by atoms with Crippen molar-refractivity contribution in [2.75, 3.05) is 5.32 Å². The number of hydrogen-bond donors (Lipinski definition) is 1. The van der Waals surface area contributed by atoms with Crippen LogP contribution in [0.2, 0.25) is 10.4 Å². The average molecular weight is 289 g/mol. The number of nitrogens with one attached hydrogen (secondary N) is 1. The van der Waals surface area contributed by atoms with Gasteiger partial charge < -0.3 is 5.32 Å². The fourth-order valence-corrected chi connectivity index (χ4v) is 2.58. The molecule has 7 heteroatoms. The number of hydrogen-bond acceptors (Lipinski definition) is 5. The fourth-order valence-electron chi connectivity index (χ4n) is 1.31. The molecule has 2 aromatic heterocycles. The third-order valence-electron chi connectivity index (χ3n) is 2.27. The lowest BCUT2D eigenvalue weighted by molar-refractivity contribution is 0.961. The van der Waals surface area contributed by atoms with Crippen LogP contribution >= 0.6 is 34.5 Å². The molecule has 0 saturated carbocycles. The highest BCUT2D eigenvalue weighted by Gasteiger charge is 2.07. The summed E-state index contributed by atoms with van der Waals surface area (Å²) in [4.78, 5) is 6.50. The maximum Gasteiger partial charge on any atom is 0.245 e. The van der Waals surface area contributed by atoms with E-state index in [1.807, 2.05) is 0 Å². The molecule has 0 aliphatic rings. The van der Waals surface area contributed by atoms with Crippen molar-refractivity contribution in [2.24, 2.45) is 0 Å². The third-order valence-corrected chi connectivity index (χ3v) is 3.83. The summed E-state index contributed by atoms with van der Waals surface area (Å²) in [5.41, 5.74) is 1.29. The van der Waals surface area contributed by atoms with Crippen LogP contribution in [0, 0.1) is 13.8 Å². The van der Waals surface area contributed by atoms with Gasteiger partial charge in [0.15, 0.2) is 11.0 Å². The molecule has 0 radical (unpaired) electrons. The Hall–Kier alpha value is -0.910. The molecule has 17 heavy (non-hydrogen) atoms. The summed E-state index contributed by atoms with van der Waals surface area (Å²) in [6.45, 7) is 4.83. The van der Waals surface area contributed by atoms with Crippen LogP contribution in [0.25, 0.3) is 0 Å². The largest absolute Gasteiger partial charge is 0.362 e. The second kappa shape index (κ2) is 5.16. The third kappa shape index (κ3) is 3.06. The second-order valence-corrected chi connectivity index (χ2v) is 5.56. The molecule has 0 atom stereocenters. The van der Waals surface area contributed by atoms with Crippen LogP contribution in [0.5, 0.6) is 0 Å². The molecular formula is C10H10Cl2N4S. The minimum Gasteiger partial charge on any atom is -0.362 e. The average Bonchev–Trinajstić information content (AvgIpc) is 2.60. The zero-order valence-electron chi connectivity index (χ0n) is 9.29. The van der Waals surface area contributed by atoms with Gasteiger partial charge in [-0.15, -0.1) is 21.5 Å². The van der Waals surface area contributed by atoms with Crippen LogP contribution in [-0.4, -0.2) is 15.2 Å². The number of anilines is 1. The van der Waals surface area contributed by atoms with Crippen molar-refractivity contribution in [3.63, 3.8) is 0 Å². The summed E-state index contributed by atoms with van der Waals surface area (Å²) in [5.74, 6) is 0.454. The van der Waals surface area contributed by atoms with Crippen molar-refractivity contribution >= 4 is 40.4 Å². The van der Waals surface area contributed by atoms with E-state index in [0.717, 1.165) is 0 Å². The Bertz CT molecular complexity index is 522. The fraction of sp³-hybridized carbons (Fsp3) is 0.300. The van der Waals surface area contributed by atoms with Crippen molar-refractivity contribution in [1.82, 2.24) is 15.2 Å². The molecule has 4 nitrogen and oxygen atoms in total. The lowest BCUT2D eigenvalue weighted by Crippen LogP contribution is -2.03. The van der Waals surface area contributed by atoms with Crippen molar-refractivity contribution in [2.45, 2.75) is 20.4 Å². The molecule has 0 aromatic carbocycles. The first-order chi connectivity index (χ1) is 8.06. The Labute approximate surface area is 113 Å². The quantitative estimate of drug-likeness (QED) is 0.940. The SMILES string of the molecule is Cc1cc(CNc2nc(Cl)nnc2Cl)sc1C. The summed E-state index contributed by atoms with van der Waals surface area (Å²) in [6.07, 6.45) is 0. The molecule has 1 N–H and O–H groups in total. The lowest BCUT2D eigenvalue weighted by atomic mass is 10.3. The normalized spacial score (nSPS) is 10.6. The Kier molecular flexibility index (Phi) is 3.81.